The average Bonchev–Trinajstić information content (AvgIpc) is 3.53. The number of halogens is 1. The quantitative estimate of drug-likeness (QED) is 0.127. The van der Waals surface area contributed by atoms with Crippen molar-refractivity contribution in [3.63, 3.8) is 0 Å². The highest BCUT2D eigenvalue weighted by Gasteiger charge is 2.16. The number of anilines is 1. The Balaban J connectivity index is 1.21. The molecule has 4 aromatic carbocycles. The topological polar surface area (TPSA) is 132 Å². The van der Waals surface area contributed by atoms with Gasteiger partial charge >= 0.3 is 5.97 Å². The molecule has 1 amide bonds. The number of carbonyl (C=O) groups excluding carboxylic acids is 1. The standard InChI is InChI=1S/C34H29ClN2O7S2/c35-26-11-15-28(16-12-26)46(41,42)18-4-5-23-8-17-30(44-22-33(38)39)29(19-23)37-34(40)25-9-13-27(14-10-25)43-21-32-36-20-31(45-32)24-6-2-1-3-7-24/h1-3,6-17,19-20H,4-5,18,21-22H2,(H,37,40)(H,38,39). The summed E-state index contributed by atoms with van der Waals surface area (Å²) in [5.74, 6) is -0.959. The maximum absolute atomic E-state index is 13.1. The predicted molar refractivity (Wildman–Crippen MR) is 178 cm³/mol. The predicted octanol–water partition coefficient (Wildman–Crippen LogP) is 7.16. The third-order valence-electron chi connectivity index (χ3n) is 6.79. The fraction of sp³-hybridized carbons (Fsp3) is 0.147. The molecule has 0 aliphatic carbocycles. The number of carboxylic acid groups (broad SMARTS) is 1. The van der Waals surface area contributed by atoms with Gasteiger partial charge in [0.15, 0.2) is 16.4 Å². The van der Waals surface area contributed by atoms with Crippen LogP contribution < -0.4 is 14.8 Å². The molecule has 0 atom stereocenters. The molecule has 0 saturated heterocycles. The van der Waals surface area contributed by atoms with Gasteiger partial charge in [0, 0.05) is 16.8 Å². The van der Waals surface area contributed by atoms with Gasteiger partial charge in [-0.2, -0.15) is 0 Å². The summed E-state index contributed by atoms with van der Waals surface area (Å²) < 4.78 is 36.7. The van der Waals surface area contributed by atoms with Crippen molar-refractivity contribution in [2.45, 2.75) is 24.3 Å². The molecule has 0 spiro atoms. The second-order valence-corrected chi connectivity index (χ2v) is 13.8. The van der Waals surface area contributed by atoms with Crippen molar-refractivity contribution in [2.75, 3.05) is 17.7 Å². The molecular formula is C34H29ClN2O7S2. The number of nitrogens with one attached hydrogen (secondary N) is 1. The first-order valence-corrected chi connectivity index (χ1v) is 17.0. The van der Waals surface area contributed by atoms with Gasteiger partial charge in [-0.15, -0.1) is 11.3 Å². The van der Waals surface area contributed by atoms with E-state index in [4.69, 9.17) is 26.2 Å². The van der Waals surface area contributed by atoms with E-state index in [0.717, 1.165) is 21.0 Å². The highest BCUT2D eigenvalue weighted by Crippen LogP contribution is 2.29. The minimum Gasteiger partial charge on any atom is -0.486 e. The van der Waals surface area contributed by atoms with Gasteiger partial charge in [0.25, 0.3) is 5.91 Å². The number of aliphatic carboxylic acids is 1. The summed E-state index contributed by atoms with van der Waals surface area (Å²) in [5.41, 5.74) is 2.44. The lowest BCUT2D eigenvalue weighted by molar-refractivity contribution is -0.139. The Morgan fingerprint density at radius 3 is 2.37 bits per heavy atom. The molecule has 0 unspecified atom stereocenters. The molecule has 0 radical (unpaired) electrons. The Labute approximate surface area is 275 Å². The van der Waals surface area contributed by atoms with Crippen LogP contribution in [0.5, 0.6) is 11.5 Å². The fourth-order valence-electron chi connectivity index (χ4n) is 4.48. The van der Waals surface area contributed by atoms with Crippen LogP contribution in [0, 0.1) is 0 Å². The van der Waals surface area contributed by atoms with Crippen LogP contribution in [-0.2, 0) is 27.7 Å². The van der Waals surface area contributed by atoms with E-state index in [-0.39, 0.29) is 28.7 Å². The van der Waals surface area contributed by atoms with Gasteiger partial charge in [-0.25, -0.2) is 18.2 Å². The van der Waals surface area contributed by atoms with Crippen LogP contribution in [0.2, 0.25) is 5.02 Å². The molecule has 9 nitrogen and oxygen atoms in total. The summed E-state index contributed by atoms with van der Waals surface area (Å²) in [6, 6.07) is 27.5. The molecule has 2 N–H and O–H groups in total. The third-order valence-corrected chi connectivity index (χ3v) is 9.87. The molecule has 5 rings (SSSR count). The van der Waals surface area contributed by atoms with Gasteiger partial charge in [0.1, 0.15) is 23.1 Å². The number of hydrogen-bond donors (Lipinski definition) is 2. The summed E-state index contributed by atoms with van der Waals surface area (Å²) in [5, 5.41) is 13.1. The highest BCUT2D eigenvalue weighted by molar-refractivity contribution is 7.91. The summed E-state index contributed by atoms with van der Waals surface area (Å²) in [6.07, 6.45) is 2.54. The number of rotatable bonds is 14. The first kappa shape index (κ1) is 32.7. The zero-order chi connectivity index (χ0) is 32.5. The smallest absolute Gasteiger partial charge is 0.341 e. The number of hydrogen-bond acceptors (Lipinski definition) is 8. The van der Waals surface area contributed by atoms with Crippen LogP contribution in [0.3, 0.4) is 0 Å². The van der Waals surface area contributed by atoms with Crippen LogP contribution in [0.4, 0.5) is 5.69 Å². The minimum atomic E-state index is -3.50. The lowest BCUT2D eigenvalue weighted by Gasteiger charge is -2.14. The number of carboxylic acids is 1. The molecular weight excluding hydrogens is 648 g/mol. The number of carbonyl (C=O) groups is 2. The van der Waals surface area contributed by atoms with Crippen LogP contribution >= 0.6 is 22.9 Å². The van der Waals surface area contributed by atoms with E-state index in [2.05, 4.69) is 10.3 Å². The molecule has 1 aromatic heterocycles. The third kappa shape index (κ3) is 8.94. The number of aromatic nitrogens is 1. The summed E-state index contributed by atoms with van der Waals surface area (Å²) in [7, 11) is -3.50. The molecule has 236 valence electrons. The second-order valence-electron chi connectivity index (χ2n) is 10.1. The maximum Gasteiger partial charge on any atom is 0.341 e. The normalized spacial score (nSPS) is 11.2. The number of sulfone groups is 1. The van der Waals surface area contributed by atoms with E-state index in [1.165, 1.54) is 24.3 Å². The van der Waals surface area contributed by atoms with Gasteiger partial charge in [-0.05, 0) is 84.6 Å². The Morgan fingerprint density at radius 2 is 1.65 bits per heavy atom. The first-order valence-electron chi connectivity index (χ1n) is 14.2. The summed E-state index contributed by atoms with van der Waals surface area (Å²) in [4.78, 5) is 29.9. The molecule has 0 fully saturated rings. The molecule has 46 heavy (non-hydrogen) atoms. The van der Waals surface area contributed by atoms with Gasteiger partial charge in [-0.3, -0.25) is 4.79 Å². The number of aryl methyl sites for hydroxylation is 1. The van der Waals surface area contributed by atoms with Gasteiger partial charge < -0.3 is 19.9 Å². The fourth-order valence-corrected chi connectivity index (χ4v) is 6.75. The summed E-state index contributed by atoms with van der Waals surface area (Å²) in [6.45, 7) is -0.319. The van der Waals surface area contributed by atoms with E-state index >= 15 is 0 Å². The van der Waals surface area contributed by atoms with E-state index < -0.39 is 28.3 Å². The maximum atomic E-state index is 13.1. The van der Waals surface area contributed by atoms with E-state index in [9.17, 15) is 18.0 Å². The number of ether oxygens (including phenoxy) is 2. The molecule has 0 aliphatic heterocycles. The summed E-state index contributed by atoms with van der Waals surface area (Å²) >= 11 is 7.42. The Bertz CT molecular complexity index is 1910. The van der Waals surface area contributed by atoms with E-state index in [1.54, 1.807) is 53.8 Å². The van der Waals surface area contributed by atoms with E-state index in [0.29, 0.717) is 29.2 Å². The lowest BCUT2D eigenvalue weighted by atomic mass is 10.1. The highest BCUT2D eigenvalue weighted by atomic mass is 35.5. The number of nitrogens with zero attached hydrogens (tertiary/aromatic N) is 1. The van der Waals surface area contributed by atoms with Crippen molar-refractivity contribution in [3.8, 4) is 21.9 Å². The van der Waals surface area contributed by atoms with Crippen molar-refractivity contribution >= 4 is 50.3 Å². The zero-order valence-electron chi connectivity index (χ0n) is 24.4. The van der Waals surface area contributed by atoms with Crippen molar-refractivity contribution in [2.24, 2.45) is 0 Å². The molecule has 0 saturated carbocycles. The van der Waals surface area contributed by atoms with Crippen molar-refractivity contribution in [1.82, 2.24) is 4.98 Å². The minimum absolute atomic E-state index is 0.0846. The second kappa shape index (κ2) is 15.0. The first-order chi connectivity index (χ1) is 22.2. The Morgan fingerprint density at radius 1 is 0.913 bits per heavy atom. The van der Waals surface area contributed by atoms with Crippen molar-refractivity contribution in [1.29, 1.82) is 0 Å². The molecule has 0 bridgehead atoms. The van der Waals surface area contributed by atoms with E-state index in [1.807, 2.05) is 36.5 Å². The Hall–Kier alpha value is -4.71. The Kier molecular flexibility index (Phi) is 10.7. The SMILES string of the molecule is O=C(O)COc1ccc(CCCS(=O)(=O)c2ccc(Cl)cc2)cc1NC(=O)c1ccc(OCc2ncc(-c3ccccc3)s2)cc1. The van der Waals surface area contributed by atoms with Gasteiger partial charge in [0.05, 0.1) is 21.2 Å². The average molecular weight is 677 g/mol. The van der Waals surface area contributed by atoms with Gasteiger partial charge in [-0.1, -0.05) is 48.0 Å². The van der Waals surface area contributed by atoms with Crippen LogP contribution in [0.25, 0.3) is 10.4 Å². The molecule has 0 aliphatic rings. The zero-order valence-corrected chi connectivity index (χ0v) is 26.8. The van der Waals surface area contributed by atoms with Crippen LogP contribution in [0.1, 0.15) is 27.3 Å². The number of benzene rings is 4. The van der Waals surface area contributed by atoms with Crippen LogP contribution in [0.15, 0.2) is 108 Å². The number of thiazole rings is 1. The lowest BCUT2D eigenvalue weighted by Crippen LogP contribution is -2.15. The monoisotopic (exact) mass is 676 g/mol. The largest absolute Gasteiger partial charge is 0.486 e. The van der Waals surface area contributed by atoms with Crippen molar-refractivity contribution < 1.29 is 32.6 Å². The van der Waals surface area contributed by atoms with Crippen LogP contribution in [-0.4, -0.2) is 42.7 Å². The molecule has 1 heterocycles. The van der Waals surface area contributed by atoms with Gasteiger partial charge in [0.2, 0.25) is 0 Å². The molecule has 12 heteroatoms. The van der Waals surface area contributed by atoms with Crippen molar-refractivity contribution in [3.05, 3.63) is 124 Å². The molecule has 5 aromatic rings. The number of amides is 1.